The number of nitrogens with zero attached hydrogens (tertiary/aromatic N) is 2. The first-order valence-electron chi connectivity index (χ1n) is 7.21. The lowest BCUT2D eigenvalue weighted by Gasteiger charge is -2.09. The molecule has 1 N–H and O–H groups in total. The first-order chi connectivity index (χ1) is 11.5. The van der Waals surface area contributed by atoms with E-state index in [1.807, 2.05) is 0 Å². The fourth-order valence-corrected chi connectivity index (χ4v) is 2.49. The van der Waals surface area contributed by atoms with Crippen molar-refractivity contribution >= 4 is 23.2 Å². The smallest absolute Gasteiger partial charge is 0.357 e. The number of ether oxygens (including phenoxy) is 1. The van der Waals surface area contributed by atoms with Crippen LogP contribution in [-0.2, 0) is 11.2 Å². The van der Waals surface area contributed by atoms with Gasteiger partial charge in [-0.3, -0.25) is 9.89 Å². The Morgan fingerprint density at radius 1 is 1.42 bits per heavy atom. The fourth-order valence-electron chi connectivity index (χ4n) is 2.38. The topological polar surface area (TPSA) is 76.5 Å². The number of benzene rings is 1. The molecule has 2 aromatic heterocycles. The van der Waals surface area contributed by atoms with E-state index in [0.29, 0.717) is 11.2 Å². The quantitative estimate of drug-likeness (QED) is 0.734. The zero-order valence-electron chi connectivity index (χ0n) is 12.7. The minimum absolute atomic E-state index is 0.0148. The summed E-state index contributed by atoms with van der Waals surface area (Å²) in [6.07, 6.45) is 1.56. The number of rotatable bonds is 4. The molecule has 8 heteroatoms. The number of hydrogen-bond donors (Lipinski definition) is 1. The highest BCUT2D eigenvalue weighted by Crippen LogP contribution is 2.18. The number of H-pyrrole nitrogens is 1. The summed E-state index contributed by atoms with van der Waals surface area (Å²) in [4.78, 5) is 29.0. The number of carbonyl (C=O) groups excluding carboxylic acids is 1. The number of esters is 1. The minimum Gasteiger partial charge on any atom is -0.461 e. The second-order valence-electron chi connectivity index (χ2n) is 5.05. The third kappa shape index (κ3) is 2.90. The van der Waals surface area contributed by atoms with E-state index < -0.39 is 17.3 Å². The van der Waals surface area contributed by atoms with Crippen molar-refractivity contribution in [1.82, 2.24) is 14.6 Å². The van der Waals surface area contributed by atoms with Crippen LogP contribution in [0.5, 0.6) is 0 Å². The van der Waals surface area contributed by atoms with Crippen molar-refractivity contribution in [2.75, 3.05) is 6.61 Å². The van der Waals surface area contributed by atoms with E-state index in [4.69, 9.17) is 16.3 Å². The Bertz CT molecular complexity index is 980. The van der Waals surface area contributed by atoms with Crippen LogP contribution in [0.3, 0.4) is 0 Å². The fraction of sp³-hybridized carbons (Fsp3) is 0.188. The summed E-state index contributed by atoms with van der Waals surface area (Å²) in [6.45, 7) is 1.82. The summed E-state index contributed by atoms with van der Waals surface area (Å²) in [7, 11) is 0. The normalized spacial score (nSPS) is 11.0. The van der Waals surface area contributed by atoms with Gasteiger partial charge in [-0.15, -0.1) is 0 Å². The van der Waals surface area contributed by atoms with Crippen molar-refractivity contribution in [2.24, 2.45) is 0 Å². The molecule has 124 valence electrons. The molecule has 0 saturated carbocycles. The molecule has 0 unspecified atom stereocenters. The van der Waals surface area contributed by atoms with Crippen molar-refractivity contribution in [3.8, 4) is 0 Å². The van der Waals surface area contributed by atoms with Gasteiger partial charge in [-0.1, -0.05) is 17.7 Å². The summed E-state index contributed by atoms with van der Waals surface area (Å²) < 4.78 is 19.8. The molecule has 24 heavy (non-hydrogen) atoms. The molecule has 0 aliphatic carbocycles. The highest BCUT2D eigenvalue weighted by molar-refractivity contribution is 6.30. The number of aromatic nitrogens is 3. The van der Waals surface area contributed by atoms with E-state index in [1.54, 1.807) is 19.1 Å². The average Bonchev–Trinajstić information content (AvgIpc) is 3.02. The summed E-state index contributed by atoms with van der Waals surface area (Å²) >= 11 is 5.67. The van der Waals surface area contributed by atoms with Crippen LogP contribution in [-0.4, -0.2) is 27.2 Å². The molecule has 0 bridgehead atoms. The molecule has 0 spiro atoms. The molecule has 0 saturated heterocycles. The van der Waals surface area contributed by atoms with E-state index in [2.05, 4.69) is 10.1 Å². The largest absolute Gasteiger partial charge is 0.461 e. The summed E-state index contributed by atoms with van der Waals surface area (Å²) in [5, 5.41) is 2.71. The molecule has 3 aromatic rings. The Morgan fingerprint density at radius 3 is 2.92 bits per heavy atom. The Kier molecular flexibility index (Phi) is 4.35. The minimum atomic E-state index is -0.692. The van der Waals surface area contributed by atoms with Crippen molar-refractivity contribution < 1.29 is 13.9 Å². The average molecular weight is 350 g/mol. The Labute approximate surface area is 140 Å². The molecule has 0 fully saturated rings. The second-order valence-corrected chi connectivity index (χ2v) is 5.45. The van der Waals surface area contributed by atoms with Crippen LogP contribution in [0.4, 0.5) is 4.39 Å². The van der Waals surface area contributed by atoms with Gasteiger partial charge < -0.3 is 4.74 Å². The molecule has 0 atom stereocenters. The van der Waals surface area contributed by atoms with Gasteiger partial charge in [0, 0.05) is 18.7 Å². The van der Waals surface area contributed by atoms with E-state index in [-0.39, 0.29) is 29.3 Å². The maximum atomic E-state index is 13.6. The van der Waals surface area contributed by atoms with Gasteiger partial charge in [0.25, 0.3) is 5.56 Å². The van der Waals surface area contributed by atoms with E-state index in [1.165, 1.54) is 22.8 Å². The van der Waals surface area contributed by atoms with Gasteiger partial charge in [-0.05, 0) is 24.6 Å². The molecule has 2 heterocycles. The second kappa shape index (κ2) is 6.45. The van der Waals surface area contributed by atoms with Crippen LogP contribution in [0.2, 0.25) is 5.02 Å². The number of fused-ring (bicyclic) bond motifs is 1. The maximum Gasteiger partial charge on any atom is 0.357 e. The molecular formula is C16H13ClFN3O3. The predicted octanol–water partition coefficient (Wildman–Crippen LogP) is 2.58. The number of halogens is 2. The van der Waals surface area contributed by atoms with Gasteiger partial charge in [0.1, 0.15) is 5.82 Å². The van der Waals surface area contributed by atoms with E-state index in [0.717, 1.165) is 0 Å². The van der Waals surface area contributed by atoms with Crippen LogP contribution in [0.25, 0.3) is 5.65 Å². The lowest BCUT2D eigenvalue weighted by atomic mass is 10.0. The monoisotopic (exact) mass is 349 g/mol. The van der Waals surface area contributed by atoms with Crippen molar-refractivity contribution in [3.05, 3.63) is 68.5 Å². The predicted molar refractivity (Wildman–Crippen MR) is 86.0 cm³/mol. The number of aromatic amines is 1. The highest BCUT2D eigenvalue weighted by Gasteiger charge is 2.21. The van der Waals surface area contributed by atoms with Crippen LogP contribution < -0.4 is 5.56 Å². The van der Waals surface area contributed by atoms with Gasteiger partial charge in [-0.25, -0.2) is 18.7 Å². The highest BCUT2D eigenvalue weighted by atomic mass is 35.5. The van der Waals surface area contributed by atoms with Crippen molar-refractivity contribution in [2.45, 2.75) is 13.3 Å². The Balaban J connectivity index is 2.14. The first-order valence-corrected chi connectivity index (χ1v) is 7.59. The standard InChI is InChI=1S/C16H13ClFN3O3/c1-2-24-16(23)14-10(7-9-3-4-11(17)12(18)8-9)15(22)21-13(20-14)5-6-19-21/h3-6,8,19H,2,7H2,1H3. The van der Waals surface area contributed by atoms with Crippen molar-refractivity contribution in [3.63, 3.8) is 0 Å². The van der Waals surface area contributed by atoms with Crippen LogP contribution >= 0.6 is 11.6 Å². The molecule has 0 aliphatic rings. The Morgan fingerprint density at radius 2 is 2.21 bits per heavy atom. The van der Waals surface area contributed by atoms with E-state index in [9.17, 15) is 14.0 Å². The summed E-state index contributed by atoms with van der Waals surface area (Å²) in [6, 6.07) is 5.77. The zero-order valence-corrected chi connectivity index (χ0v) is 13.4. The molecule has 3 rings (SSSR count). The SMILES string of the molecule is CCOC(=O)c1nc2cc[nH]n2c(=O)c1Cc1ccc(Cl)c(F)c1. The maximum absolute atomic E-state index is 13.6. The van der Waals surface area contributed by atoms with Gasteiger partial charge in [0.2, 0.25) is 0 Å². The molecular weight excluding hydrogens is 337 g/mol. The molecule has 0 aliphatic heterocycles. The summed E-state index contributed by atoms with van der Waals surface area (Å²) in [5.41, 5.74) is 0.400. The number of carbonyl (C=O) groups is 1. The lowest BCUT2D eigenvalue weighted by molar-refractivity contribution is 0.0518. The molecule has 1 aromatic carbocycles. The molecule has 6 nitrogen and oxygen atoms in total. The van der Waals surface area contributed by atoms with Crippen LogP contribution in [0.15, 0.2) is 35.3 Å². The van der Waals surface area contributed by atoms with Crippen LogP contribution in [0, 0.1) is 5.82 Å². The number of hydrogen-bond acceptors (Lipinski definition) is 4. The molecule has 0 radical (unpaired) electrons. The molecule has 0 amide bonds. The van der Waals surface area contributed by atoms with E-state index >= 15 is 0 Å². The van der Waals surface area contributed by atoms with Crippen LogP contribution in [0.1, 0.15) is 28.5 Å². The third-order valence-electron chi connectivity index (χ3n) is 3.47. The number of nitrogens with one attached hydrogen (secondary N) is 1. The summed E-state index contributed by atoms with van der Waals surface area (Å²) in [5.74, 6) is -1.29. The van der Waals surface area contributed by atoms with Gasteiger partial charge in [-0.2, -0.15) is 0 Å². The van der Waals surface area contributed by atoms with Gasteiger partial charge >= 0.3 is 5.97 Å². The lowest BCUT2D eigenvalue weighted by Crippen LogP contribution is -2.26. The van der Waals surface area contributed by atoms with Crippen molar-refractivity contribution in [1.29, 1.82) is 0 Å². The van der Waals surface area contributed by atoms with Gasteiger partial charge in [0.05, 0.1) is 17.2 Å². The first kappa shape index (κ1) is 16.2. The third-order valence-corrected chi connectivity index (χ3v) is 3.78. The zero-order chi connectivity index (χ0) is 17.3. The van der Waals surface area contributed by atoms with Gasteiger partial charge in [0.15, 0.2) is 11.3 Å². The Hall–Kier alpha value is -2.67.